The first-order chi connectivity index (χ1) is 16.8. The first-order valence-electron chi connectivity index (χ1n) is 11.7. The van der Waals surface area contributed by atoms with E-state index in [4.69, 9.17) is 9.47 Å². The number of ether oxygens (including phenoxy) is 2. The molecule has 0 radical (unpaired) electrons. The lowest BCUT2D eigenvalue weighted by atomic mass is 10.1. The lowest BCUT2D eigenvalue weighted by molar-refractivity contribution is -0.140. The molecule has 0 aromatic heterocycles. The standard InChI is InChI=1S/C26H37N3O6S/c1-8-35-23-15-10-9-14-22(23)29(36(7,32)33)18-24(30)28(19(2)25(31)27-26(3,4)5)17-20-12-11-13-21(16-20)34-6/h9-16,19H,8,17-18H2,1-7H3,(H,27,31)/t19-/m1/s1. The fraction of sp³-hybridized carbons (Fsp3) is 0.462. The zero-order chi connectivity index (χ0) is 27.1. The van der Waals surface area contributed by atoms with E-state index in [1.54, 1.807) is 63.4 Å². The van der Waals surface area contributed by atoms with E-state index in [1.165, 1.54) is 4.90 Å². The van der Waals surface area contributed by atoms with Crippen LogP contribution in [0.15, 0.2) is 48.5 Å². The number of hydrogen-bond acceptors (Lipinski definition) is 6. The van der Waals surface area contributed by atoms with Gasteiger partial charge >= 0.3 is 0 Å². The highest BCUT2D eigenvalue weighted by molar-refractivity contribution is 7.92. The van der Waals surface area contributed by atoms with Gasteiger partial charge in [-0.25, -0.2) is 8.42 Å². The van der Waals surface area contributed by atoms with Crippen molar-refractivity contribution in [3.05, 3.63) is 54.1 Å². The van der Waals surface area contributed by atoms with Crippen LogP contribution >= 0.6 is 0 Å². The summed E-state index contributed by atoms with van der Waals surface area (Å²) in [5.41, 5.74) is 0.479. The third kappa shape index (κ3) is 8.15. The number of anilines is 1. The van der Waals surface area contributed by atoms with Gasteiger partial charge < -0.3 is 19.7 Å². The highest BCUT2D eigenvalue weighted by Gasteiger charge is 2.32. The van der Waals surface area contributed by atoms with Gasteiger partial charge in [-0.2, -0.15) is 0 Å². The lowest BCUT2D eigenvalue weighted by Crippen LogP contribution is -2.54. The number of benzene rings is 2. The second kappa shape index (κ2) is 12.1. The van der Waals surface area contributed by atoms with Gasteiger partial charge in [0.05, 0.1) is 25.7 Å². The number of carbonyl (C=O) groups is 2. The van der Waals surface area contributed by atoms with Gasteiger partial charge in [-0.05, 0) is 64.4 Å². The Morgan fingerprint density at radius 3 is 2.33 bits per heavy atom. The molecule has 2 rings (SSSR count). The van der Waals surface area contributed by atoms with Crippen molar-refractivity contribution in [2.45, 2.75) is 52.7 Å². The maximum Gasteiger partial charge on any atom is 0.244 e. The van der Waals surface area contributed by atoms with E-state index in [1.807, 2.05) is 26.8 Å². The fourth-order valence-corrected chi connectivity index (χ4v) is 4.41. The molecule has 0 bridgehead atoms. The zero-order valence-electron chi connectivity index (χ0n) is 22.1. The molecule has 2 amide bonds. The van der Waals surface area contributed by atoms with Crippen LogP contribution in [-0.2, 0) is 26.2 Å². The molecule has 0 saturated carbocycles. The first kappa shape index (κ1) is 29.0. The summed E-state index contributed by atoms with van der Waals surface area (Å²) >= 11 is 0. The molecule has 2 aromatic rings. The Bertz CT molecular complexity index is 1160. The second-order valence-corrected chi connectivity index (χ2v) is 11.4. The average molecular weight is 520 g/mol. The van der Waals surface area contributed by atoms with Crippen LogP contribution in [0.4, 0.5) is 5.69 Å². The second-order valence-electron chi connectivity index (χ2n) is 9.46. The van der Waals surface area contributed by atoms with Crippen LogP contribution < -0.4 is 19.1 Å². The van der Waals surface area contributed by atoms with Gasteiger partial charge in [0.2, 0.25) is 21.8 Å². The van der Waals surface area contributed by atoms with Gasteiger partial charge in [-0.3, -0.25) is 13.9 Å². The number of amides is 2. The predicted molar refractivity (Wildman–Crippen MR) is 141 cm³/mol. The number of hydrogen-bond donors (Lipinski definition) is 1. The minimum Gasteiger partial charge on any atom is -0.497 e. The quantitative estimate of drug-likeness (QED) is 0.489. The highest BCUT2D eigenvalue weighted by atomic mass is 32.2. The van der Waals surface area contributed by atoms with Gasteiger partial charge in [-0.1, -0.05) is 24.3 Å². The molecular formula is C26H37N3O6S. The van der Waals surface area contributed by atoms with E-state index >= 15 is 0 Å². The molecule has 0 spiro atoms. The topological polar surface area (TPSA) is 105 Å². The third-order valence-electron chi connectivity index (χ3n) is 5.27. The lowest BCUT2D eigenvalue weighted by Gasteiger charge is -2.33. The van der Waals surface area contributed by atoms with E-state index in [2.05, 4.69) is 5.32 Å². The van der Waals surface area contributed by atoms with Gasteiger partial charge in [0, 0.05) is 12.1 Å². The summed E-state index contributed by atoms with van der Waals surface area (Å²) in [6.07, 6.45) is 1.03. The first-order valence-corrected chi connectivity index (χ1v) is 13.6. The van der Waals surface area contributed by atoms with E-state index in [0.29, 0.717) is 18.1 Å². The molecule has 10 heteroatoms. The Morgan fingerprint density at radius 2 is 1.75 bits per heavy atom. The van der Waals surface area contributed by atoms with Crippen molar-refractivity contribution in [2.24, 2.45) is 0 Å². The molecule has 0 heterocycles. The molecule has 1 atom stereocenters. The van der Waals surface area contributed by atoms with Crippen LogP contribution in [0.2, 0.25) is 0 Å². The number of nitrogens with zero attached hydrogens (tertiary/aromatic N) is 2. The normalized spacial score (nSPS) is 12.4. The van der Waals surface area contributed by atoms with Crippen molar-refractivity contribution in [2.75, 3.05) is 30.8 Å². The maximum atomic E-state index is 13.7. The Hall–Kier alpha value is -3.27. The zero-order valence-corrected chi connectivity index (χ0v) is 22.9. The molecule has 9 nitrogen and oxygen atoms in total. The molecule has 0 fully saturated rings. The van der Waals surface area contributed by atoms with E-state index in [0.717, 1.165) is 16.1 Å². The number of nitrogens with one attached hydrogen (secondary N) is 1. The van der Waals surface area contributed by atoms with Crippen LogP contribution in [0.1, 0.15) is 40.2 Å². The molecule has 36 heavy (non-hydrogen) atoms. The van der Waals surface area contributed by atoms with Gasteiger partial charge in [0.1, 0.15) is 24.1 Å². The molecule has 0 aliphatic carbocycles. The Labute approximate surface area is 214 Å². The van der Waals surface area contributed by atoms with Crippen molar-refractivity contribution < 1.29 is 27.5 Å². The van der Waals surface area contributed by atoms with Crippen molar-refractivity contribution >= 4 is 27.5 Å². The van der Waals surface area contributed by atoms with Crippen LogP contribution in [-0.4, -0.2) is 63.2 Å². The van der Waals surface area contributed by atoms with Gasteiger partial charge in [0.15, 0.2) is 0 Å². The largest absolute Gasteiger partial charge is 0.497 e. The van der Waals surface area contributed by atoms with Crippen molar-refractivity contribution in [3.8, 4) is 11.5 Å². The summed E-state index contributed by atoms with van der Waals surface area (Å²) in [7, 11) is -2.32. The van der Waals surface area contributed by atoms with Crippen LogP contribution in [0.3, 0.4) is 0 Å². The fourth-order valence-electron chi connectivity index (χ4n) is 3.56. The summed E-state index contributed by atoms with van der Waals surface area (Å²) in [6.45, 7) is 8.87. The molecule has 0 unspecified atom stereocenters. The van der Waals surface area contributed by atoms with E-state index in [9.17, 15) is 18.0 Å². The Kier molecular flexibility index (Phi) is 9.75. The van der Waals surface area contributed by atoms with Crippen LogP contribution in [0.25, 0.3) is 0 Å². The summed E-state index contributed by atoms with van der Waals surface area (Å²) in [6, 6.07) is 12.9. The molecule has 2 aromatic carbocycles. The number of para-hydroxylation sites is 2. The summed E-state index contributed by atoms with van der Waals surface area (Å²) in [4.78, 5) is 28.1. The maximum absolute atomic E-state index is 13.7. The van der Waals surface area contributed by atoms with Crippen molar-refractivity contribution in [3.63, 3.8) is 0 Å². The summed E-state index contributed by atoms with van der Waals surface area (Å²) < 4.78 is 37.5. The summed E-state index contributed by atoms with van der Waals surface area (Å²) in [5.74, 6) is 0.0664. The number of methoxy groups -OCH3 is 1. The predicted octanol–water partition coefficient (Wildman–Crippen LogP) is 3.19. The smallest absolute Gasteiger partial charge is 0.244 e. The van der Waals surface area contributed by atoms with E-state index < -0.39 is 34.1 Å². The molecule has 198 valence electrons. The average Bonchev–Trinajstić information content (AvgIpc) is 2.79. The molecule has 0 aliphatic rings. The minimum absolute atomic E-state index is 0.0828. The van der Waals surface area contributed by atoms with Crippen LogP contribution in [0.5, 0.6) is 11.5 Å². The van der Waals surface area contributed by atoms with Gasteiger partial charge in [-0.15, -0.1) is 0 Å². The van der Waals surface area contributed by atoms with Crippen molar-refractivity contribution in [1.82, 2.24) is 10.2 Å². The number of carbonyl (C=O) groups excluding carboxylic acids is 2. The monoisotopic (exact) mass is 519 g/mol. The molecular weight excluding hydrogens is 482 g/mol. The SMILES string of the molecule is CCOc1ccccc1N(CC(=O)N(Cc1cccc(OC)c1)[C@H](C)C(=O)NC(C)(C)C)S(C)(=O)=O. The molecule has 1 N–H and O–H groups in total. The van der Waals surface area contributed by atoms with E-state index in [-0.39, 0.29) is 18.1 Å². The Morgan fingerprint density at radius 1 is 1.08 bits per heavy atom. The molecule has 0 saturated heterocycles. The summed E-state index contributed by atoms with van der Waals surface area (Å²) in [5, 5.41) is 2.89. The minimum atomic E-state index is -3.86. The number of rotatable bonds is 11. The molecule has 0 aliphatic heterocycles. The van der Waals surface area contributed by atoms with Gasteiger partial charge in [0.25, 0.3) is 0 Å². The Balaban J connectivity index is 2.47. The third-order valence-corrected chi connectivity index (χ3v) is 6.39. The van der Waals surface area contributed by atoms with Crippen molar-refractivity contribution in [1.29, 1.82) is 0 Å². The number of sulfonamides is 1. The van der Waals surface area contributed by atoms with Crippen LogP contribution in [0, 0.1) is 0 Å². The highest BCUT2D eigenvalue weighted by Crippen LogP contribution is 2.30.